The molecule has 2 fully saturated rings. The molecule has 0 atom stereocenters. The third-order valence-corrected chi connectivity index (χ3v) is 8.68. The number of carbonyl (C=O) groups excluding carboxylic acids is 1. The molecule has 10 heteroatoms. The molecule has 2 saturated heterocycles. The van der Waals surface area contributed by atoms with E-state index in [0.717, 1.165) is 30.7 Å². The number of carbonyl (C=O) groups is 1. The monoisotopic (exact) mass is 453 g/mol. The second-order valence-corrected chi connectivity index (χ2v) is 11.3. The standard InChI is InChI=1S/C20H27N3O5S2/c24-20(17-9-18(28-22-17)19-5-4-8-29-19)21-6-2-1-3-7-23-10-16(11-23)30(25,26)14-15-12-27-13-15/h4-5,8-9,15-16H,1-3,6-7,10-14H2,(H,21,24). The van der Waals surface area contributed by atoms with Crippen LogP contribution in [-0.2, 0) is 14.6 Å². The van der Waals surface area contributed by atoms with E-state index in [0.29, 0.717) is 44.3 Å². The lowest BCUT2D eigenvalue weighted by atomic mass is 10.1. The van der Waals surface area contributed by atoms with Gasteiger partial charge in [0.15, 0.2) is 21.3 Å². The molecule has 2 aliphatic heterocycles. The predicted molar refractivity (Wildman–Crippen MR) is 114 cm³/mol. The minimum absolute atomic E-state index is 0.193. The highest BCUT2D eigenvalue weighted by Gasteiger charge is 2.39. The zero-order chi connectivity index (χ0) is 21.0. The number of nitrogens with one attached hydrogen (secondary N) is 1. The van der Waals surface area contributed by atoms with Gasteiger partial charge < -0.3 is 19.5 Å². The first kappa shape index (κ1) is 21.5. The summed E-state index contributed by atoms with van der Waals surface area (Å²) in [7, 11) is -2.99. The van der Waals surface area contributed by atoms with Gasteiger partial charge in [0.25, 0.3) is 5.91 Å². The SMILES string of the molecule is O=C(NCCCCCN1CC(S(=O)(=O)CC2COC2)C1)c1cc(-c2cccs2)on1. The predicted octanol–water partition coefficient (Wildman–Crippen LogP) is 2.05. The molecule has 4 rings (SSSR count). The van der Waals surface area contributed by atoms with Gasteiger partial charge in [-0.05, 0) is 30.8 Å². The summed E-state index contributed by atoms with van der Waals surface area (Å²) < 4.78 is 34.9. The number of nitrogens with zero attached hydrogens (tertiary/aromatic N) is 2. The molecule has 2 aliphatic rings. The minimum atomic E-state index is -2.99. The molecule has 0 radical (unpaired) electrons. The molecule has 0 unspecified atom stereocenters. The van der Waals surface area contributed by atoms with Gasteiger partial charge in [-0.1, -0.05) is 17.6 Å². The summed E-state index contributed by atoms with van der Waals surface area (Å²) in [5, 5.41) is 8.45. The van der Waals surface area contributed by atoms with Crippen molar-refractivity contribution in [2.45, 2.75) is 24.5 Å². The van der Waals surface area contributed by atoms with Crippen LogP contribution in [0, 0.1) is 5.92 Å². The van der Waals surface area contributed by atoms with E-state index in [9.17, 15) is 13.2 Å². The van der Waals surface area contributed by atoms with Crippen molar-refractivity contribution in [1.29, 1.82) is 0 Å². The molecular weight excluding hydrogens is 426 g/mol. The third-order valence-electron chi connectivity index (χ3n) is 5.55. The molecular formula is C20H27N3O5S2. The summed E-state index contributed by atoms with van der Waals surface area (Å²) in [5.74, 6) is 0.838. The molecule has 8 nitrogen and oxygen atoms in total. The highest BCUT2D eigenvalue weighted by Crippen LogP contribution is 2.25. The van der Waals surface area contributed by atoms with E-state index in [4.69, 9.17) is 9.26 Å². The van der Waals surface area contributed by atoms with E-state index < -0.39 is 9.84 Å². The molecule has 164 valence electrons. The summed E-state index contributed by atoms with van der Waals surface area (Å²) >= 11 is 1.54. The van der Waals surface area contributed by atoms with Crippen molar-refractivity contribution in [3.05, 3.63) is 29.3 Å². The van der Waals surface area contributed by atoms with E-state index in [1.54, 1.807) is 6.07 Å². The van der Waals surface area contributed by atoms with Crippen LogP contribution in [0.2, 0.25) is 0 Å². The van der Waals surface area contributed by atoms with Gasteiger partial charge in [0.05, 0.1) is 29.1 Å². The van der Waals surface area contributed by atoms with Crippen molar-refractivity contribution in [2.24, 2.45) is 5.92 Å². The van der Waals surface area contributed by atoms with Crippen LogP contribution in [0.3, 0.4) is 0 Å². The summed E-state index contributed by atoms with van der Waals surface area (Å²) in [6, 6.07) is 5.51. The van der Waals surface area contributed by atoms with Gasteiger partial charge in [-0.15, -0.1) is 11.3 Å². The number of ether oxygens (including phenoxy) is 1. The Balaban J connectivity index is 1.06. The first-order valence-corrected chi connectivity index (χ1v) is 12.9. The van der Waals surface area contributed by atoms with Gasteiger partial charge in [0, 0.05) is 31.6 Å². The van der Waals surface area contributed by atoms with Gasteiger partial charge >= 0.3 is 0 Å². The van der Waals surface area contributed by atoms with Crippen molar-refractivity contribution >= 4 is 27.1 Å². The van der Waals surface area contributed by atoms with Gasteiger partial charge in [-0.25, -0.2) is 8.42 Å². The fraction of sp³-hybridized carbons (Fsp3) is 0.600. The second-order valence-electron chi connectivity index (χ2n) is 7.98. The lowest BCUT2D eigenvalue weighted by molar-refractivity contribution is -0.0206. The van der Waals surface area contributed by atoms with Crippen LogP contribution in [0.1, 0.15) is 29.8 Å². The van der Waals surface area contributed by atoms with Crippen molar-refractivity contribution in [3.63, 3.8) is 0 Å². The molecule has 30 heavy (non-hydrogen) atoms. The topological polar surface area (TPSA) is 102 Å². The van der Waals surface area contributed by atoms with Gasteiger partial charge in [-0.3, -0.25) is 4.79 Å². The van der Waals surface area contributed by atoms with E-state index in [2.05, 4.69) is 15.4 Å². The second kappa shape index (κ2) is 9.59. The van der Waals surface area contributed by atoms with Crippen molar-refractivity contribution in [3.8, 4) is 10.6 Å². The Bertz CT molecular complexity index is 932. The average Bonchev–Trinajstić information content (AvgIpc) is 3.33. The van der Waals surface area contributed by atoms with Crippen LogP contribution in [0.25, 0.3) is 10.6 Å². The van der Waals surface area contributed by atoms with E-state index in [-0.39, 0.29) is 22.8 Å². The maximum atomic E-state index is 12.3. The lowest BCUT2D eigenvalue weighted by Gasteiger charge is -2.39. The number of unbranched alkanes of at least 4 members (excludes halogenated alkanes) is 2. The van der Waals surface area contributed by atoms with Crippen LogP contribution in [-0.4, -0.2) is 74.8 Å². The highest BCUT2D eigenvalue weighted by molar-refractivity contribution is 7.92. The Morgan fingerprint density at radius 1 is 1.27 bits per heavy atom. The van der Waals surface area contributed by atoms with Crippen LogP contribution in [0.15, 0.2) is 28.1 Å². The fourth-order valence-corrected chi connectivity index (χ4v) is 6.30. The molecule has 0 aromatic carbocycles. The van der Waals surface area contributed by atoms with Crippen molar-refractivity contribution in [2.75, 3.05) is 45.1 Å². The zero-order valence-corrected chi connectivity index (χ0v) is 18.4. The van der Waals surface area contributed by atoms with Crippen LogP contribution < -0.4 is 5.32 Å². The Morgan fingerprint density at radius 2 is 2.10 bits per heavy atom. The summed E-state index contributed by atoms with van der Waals surface area (Å²) in [6.45, 7) is 3.94. The van der Waals surface area contributed by atoms with Crippen LogP contribution in [0.4, 0.5) is 0 Å². The van der Waals surface area contributed by atoms with Gasteiger partial charge in [-0.2, -0.15) is 0 Å². The molecule has 2 aromatic rings. The molecule has 1 N–H and O–H groups in total. The quantitative estimate of drug-likeness (QED) is 0.520. The summed E-state index contributed by atoms with van der Waals surface area (Å²) in [6.07, 6.45) is 2.84. The van der Waals surface area contributed by atoms with Crippen molar-refractivity contribution in [1.82, 2.24) is 15.4 Å². The Hall–Kier alpha value is -1.75. The Labute approximate surface area is 180 Å². The van der Waals surface area contributed by atoms with Crippen LogP contribution in [0.5, 0.6) is 0 Å². The molecule has 2 aromatic heterocycles. The van der Waals surface area contributed by atoms with Gasteiger partial charge in [0.2, 0.25) is 0 Å². The number of aromatic nitrogens is 1. The fourth-order valence-electron chi connectivity index (χ4n) is 3.62. The number of likely N-dealkylation sites (tertiary alicyclic amines) is 1. The van der Waals surface area contributed by atoms with E-state index in [1.807, 2.05) is 17.5 Å². The number of amides is 1. The smallest absolute Gasteiger partial charge is 0.273 e. The van der Waals surface area contributed by atoms with Crippen LogP contribution >= 0.6 is 11.3 Å². The maximum absolute atomic E-state index is 12.3. The molecule has 0 bridgehead atoms. The average molecular weight is 454 g/mol. The van der Waals surface area contributed by atoms with E-state index in [1.165, 1.54) is 11.3 Å². The van der Waals surface area contributed by atoms with Crippen molar-refractivity contribution < 1.29 is 22.5 Å². The number of rotatable bonds is 11. The first-order chi connectivity index (χ1) is 14.5. The summed E-state index contributed by atoms with van der Waals surface area (Å²) in [4.78, 5) is 15.3. The number of hydrogen-bond acceptors (Lipinski definition) is 8. The zero-order valence-electron chi connectivity index (χ0n) is 16.8. The maximum Gasteiger partial charge on any atom is 0.273 e. The normalized spacial score (nSPS) is 18.1. The third kappa shape index (κ3) is 5.29. The Morgan fingerprint density at radius 3 is 2.80 bits per heavy atom. The number of sulfone groups is 1. The number of hydrogen-bond donors (Lipinski definition) is 1. The van der Waals surface area contributed by atoms with Gasteiger partial charge in [0.1, 0.15) is 0 Å². The molecule has 0 spiro atoms. The number of thiophene rings is 1. The summed E-state index contributed by atoms with van der Waals surface area (Å²) in [5.41, 5.74) is 0.291. The lowest BCUT2D eigenvalue weighted by Crippen LogP contribution is -2.56. The Kier molecular flexibility index (Phi) is 6.87. The first-order valence-electron chi connectivity index (χ1n) is 10.3. The van der Waals surface area contributed by atoms with E-state index >= 15 is 0 Å². The highest BCUT2D eigenvalue weighted by atomic mass is 32.2. The largest absolute Gasteiger partial charge is 0.381 e. The molecule has 0 aliphatic carbocycles. The molecule has 4 heterocycles. The minimum Gasteiger partial charge on any atom is -0.381 e. The molecule has 0 saturated carbocycles. The molecule has 1 amide bonds.